The molecule has 148 valence electrons. The molecule has 0 fully saturated rings. The van der Waals surface area contributed by atoms with Crippen molar-refractivity contribution in [2.75, 3.05) is 4.90 Å². The molecule has 0 spiro atoms. The predicted octanol–water partition coefficient (Wildman–Crippen LogP) is 5.28. The van der Waals surface area contributed by atoms with Gasteiger partial charge >= 0.3 is 0 Å². The monoisotopic (exact) mass is 404 g/mol. The molecule has 0 saturated heterocycles. The molecule has 0 radical (unpaired) electrons. The van der Waals surface area contributed by atoms with E-state index < -0.39 is 0 Å². The lowest BCUT2D eigenvalue weighted by molar-refractivity contribution is 0.0979. The Hall–Kier alpha value is -2.99. The van der Waals surface area contributed by atoms with E-state index in [9.17, 15) is 4.79 Å². The minimum atomic E-state index is -0.128. The molecule has 0 aliphatic rings. The maximum Gasteiger partial charge on any atom is 0.280 e. The fourth-order valence-corrected chi connectivity index (χ4v) is 4.39. The first-order chi connectivity index (χ1) is 14.0. The van der Waals surface area contributed by atoms with Crippen molar-refractivity contribution in [2.45, 2.75) is 40.8 Å². The third-order valence-electron chi connectivity index (χ3n) is 5.15. The van der Waals surface area contributed by atoms with Gasteiger partial charge in [0.1, 0.15) is 0 Å². The minimum Gasteiger partial charge on any atom is -0.278 e. The van der Waals surface area contributed by atoms with Crippen LogP contribution in [0.5, 0.6) is 0 Å². The molecule has 0 bridgehead atoms. The van der Waals surface area contributed by atoms with Crippen LogP contribution in [0.15, 0.2) is 48.5 Å². The summed E-state index contributed by atoms with van der Waals surface area (Å²) in [6, 6.07) is 16.1. The normalized spacial score (nSPS) is 11.2. The fraction of sp³-hybridized carbons (Fsp3) is 0.261. The van der Waals surface area contributed by atoms with E-state index in [1.807, 2.05) is 54.9 Å². The van der Waals surface area contributed by atoms with Crippen molar-refractivity contribution < 1.29 is 4.79 Å². The number of carbonyl (C=O) groups excluding carboxylic acids is 1. The SMILES string of the molecule is CCn1nc(C(=O)N(Cc2ccccc2)c2nc3cc(C)c(C)cc3s2)cc1C. The molecule has 0 saturated carbocycles. The predicted molar refractivity (Wildman–Crippen MR) is 119 cm³/mol. The summed E-state index contributed by atoms with van der Waals surface area (Å²) in [5.74, 6) is -0.128. The Bertz CT molecular complexity index is 1140. The molecule has 4 rings (SSSR count). The van der Waals surface area contributed by atoms with E-state index in [1.54, 1.807) is 16.2 Å². The number of carbonyl (C=O) groups is 1. The highest BCUT2D eigenvalue weighted by molar-refractivity contribution is 7.22. The van der Waals surface area contributed by atoms with Gasteiger partial charge in [-0.1, -0.05) is 41.7 Å². The second-order valence-corrected chi connectivity index (χ2v) is 8.27. The van der Waals surface area contributed by atoms with Gasteiger partial charge in [0.25, 0.3) is 5.91 Å². The van der Waals surface area contributed by atoms with Crippen LogP contribution in [0.4, 0.5) is 5.13 Å². The van der Waals surface area contributed by atoms with Crippen LogP contribution in [0, 0.1) is 20.8 Å². The van der Waals surface area contributed by atoms with Gasteiger partial charge in [-0.25, -0.2) is 4.98 Å². The smallest absolute Gasteiger partial charge is 0.278 e. The maximum absolute atomic E-state index is 13.5. The van der Waals surface area contributed by atoms with Crippen molar-refractivity contribution in [3.8, 4) is 0 Å². The van der Waals surface area contributed by atoms with E-state index in [4.69, 9.17) is 4.98 Å². The van der Waals surface area contributed by atoms with Gasteiger partial charge in [0.05, 0.1) is 16.8 Å². The second-order valence-electron chi connectivity index (χ2n) is 7.26. The highest BCUT2D eigenvalue weighted by atomic mass is 32.1. The van der Waals surface area contributed by atoms with Gasteiger partial charge in [0, 0.05) is 12.2 Å². The summed E-state index contributed by atoms with van der Waals surface area (Å²) >= 11 is 1.55. The molecule has 0 aliphatic heterocycles. The highest BCUT2D eigenvalue weighted by Crippen LogP contribution is 2.32. The summed E-state index contributed by atoms with van der Waals surface area (Å²) in [7, 11) is 0. The van der Waals surface area contributed by atoms with Crippen molar-refractivity contribution >= 4 is 32.6 Å². The van der Waals surface area contributed by atoms with Crippen molar-refractivity contribution in [3.63, 3.8) is 0 Å². The lowest BCUT2D eigenvalue weighted by Crippen LogP contribution is -2.30. The van der Waals surface area contributed by atoms with Gasteiger partial charge in [-0.3, -0.25) is 14.4 Å². The molecule has 0 N–H and O–H groups in total. The Morgan fingerprint density at radius 1 is 1.07 bits per heavy atom. The van der Waals surface area contributed by atoms with Gasteiger partial charge in [-0.2, -0.15) is 5.10 Å². The van der Waals surface area contributed by atoms with Crippen molar-refractivity contribution in [1.82, 2.24) is 14.8 Å². The number of thiazole rings is 1. The zero-order chi connectivity index (χ0) is 20.5. The Kier molecular flexibility index (Phi) is 5.20. The second kappa shape index (κ2) is 7.79. The Labute approximate surface area is 174 Å². The zero-order valence-electron chi connectivity index (χ0n) is 17.1. The molecule has 1 amide bonds. The first-order valence-corrected chi connectivity index (χ1v) is 10.6. The van der Waals surface area contributed by atoms with E-state index in [2.05, 4.69) is 31.1 Å². The standard InChI is InChI=1S/C23H24N4OS/c1-5-27-17(4)13-20(25-27)22(28)26(14-18-9-7-6-8-10-18)23-24-19-11-15(2)16(3)12-21(19)29-23/h6-13H,5,14H2,1-4H3. The Morgan fingerprint density at radius 3 is 2.48 bits per heavy atom. The molecule has 2 heterocycles. The van der Waals surface area contributed by atoms with Gasteiger partial charge < -0.3 is 0 Å². The number of aromatic nitrogens is 3. The summed E-state index contributed by atoms with van der Waals surface area (Å²) in [5, 5.41) is 5.20. The number of rotatable bonds is 5. The molecule has 4 aromatic rings. The molecule has 0 atom stereocenters. The Morgan fingerprint density at radius 2 is 1.79 bits per heavy atom. The van der Waals surface area contributed by atoms with E-state index >= 15 is 0 Å². The zero-order valence-corrected chi connectivity index (χ0v) is 18.0. The van der Waals surface area contributed by atoms with Gasteiger partial charge in [-0.15, -0.1) is 0 Å². The number of hydrogen-bond donors (Lipinski definition) is 0. The molecular weight excluding hydrogens is 380 g/mol. The van der Waals surface area contributed by atoms with Crippen molar-refractivity contribution in [2.24, 2.45) is 0 Å². The average molecular weight is 405 g/mol. The van der Waals surface area contributed by atoms with Crippen LogP contribution < -0.4 is 4.90 Å². The number of aryl methyl sites for hydroxylation is 4. The molecule has 29 heavy (non-hydrogen) atoms. The van der Waals surface area contributed by atoms with Crippen LogP contribution >= 0.6 is 11.3 Å². The average Bonchev–Trinajstić information content (AvgIpc) is 3.29. The molecule has 5 nitrogen and oxygen atoms in total. The molecule has 2 aromatic heterocycles. The van der Waals surface area contributed by atoms with Crippen LogP contribution in [0.3, 0.4) is 0 Å². The Balaban J connectivity index is 1.78. The number of fused-ring (bicyclic) bond motifs is 1. The lowest BCUT2D eigenvalue weighted by Gasteiger charge is -2.19. The lowest BCUT2D eigenvalue weighted by atomic mass is 10.1. The molecule has 2 aromatic carbocycles. The van der Waals surface area contributed by atoms with Gasteiger partial charge in [0.15, 0.2) is 10.8 Å². The van der Waals surface area contributed by atoms with Crippen LogP contribution in [0.1, 0.15) is 39.8 Å². The molecule has 0 unspecified atom stereocenters. The molecular formula is C23H24N4OS. The van der Waals surface area contributed by atoms with E-state index in [0.717, 1.165) is 28.0 Å². The number of amides is 1. The highest BCUT2D eigenvalue weighted by Gasteiger charge is 2.24. The van der Waals surface area contributed by atoms with Crippen LogP contribution in [0.25, 0.3) is 10.2 Å². The topological polar surface area (TPSA) is 51.0 Å². The fourth-order valence-electron chi connectivity index (χ4n) is 3.35. The van der Waals surface area contributed by atoms with E-state index in [0.29, 0.717) is 17.4 Å². The summed E-state index contributed by atoms with van der Waals surface area (Å²) in [6.45, 7) is 9.36. The van der Waals surface area contributed by atoms with Crippen LogP contribution in [-0.2, 0) is 13.1 Å². The minimum absolute atomic E-state index is 0.128. The van der Waals surface area contributed by atoms with Crippen LogP contribution in [-0.4, -0.2) is 20.7 Å². The largest absolute Gasteiger partial charge is 0.280 e. The van der Waals surface area contributed by atoms with Gasteiger partial charge in [0.2, 0.25) is 0 Å². The third kappa shape index (κ3) is 3.80. The van der Waals surface area contributed by atoms with E-state index in [1.165, 1.54) is 11.1 Å². The third-order valence-corrected chi connectivity index (χ3v) is 6.19. The first kappa shape index (κ1) is 19.3. The number of hydrogen-bond acceptors (Lipinski definition) is 4. The molecule has 0 aliphatic carbocycles. The molecule has 6 heteroatoms. The summed E-state index contributed by atoms with van der Waals surface area (Å²) in [4.78, 5) is 20.0. The number of nitrogens with zero attached hydrogens (tertiary/aromatic N) is 4. The van der Waals surface area contributed by atoms with Gasteiger partial charge in [-0.05, 0) is 62.6 Å². The van der Waals surface area contributed by atoms with Crippen LogP contribution in [0.2, 0.25) is 0 Å². The van der Waals surface area contributed by atoms with Crippen molar-refractivity contribution in [3.05, 3.63) is 76.6 Å². The maximum atomic E-state index is 13.5. The van der Waals surface area contributed by atoms with Crippen molar-refractivity contribution in [1.29, 1.82) is 0 Å². The first-order valence-electron chi connectivity index (χ1n) is 9.74. The quantitative estimate of drug-likeness (QED) is 0.454. The number of benzene rings is 2. The summed E-state index contributed by atoms with van der Waals surface area (Å²) < 4.78 is 2.93. The summed E-state index contributed by atoms with van der Waals surface area (Å²) in [5.41, 5.74) is 5.84. The van der Waals surface area contributed by atoms with E-state index in [-0.39, 0.29) is 5.91 Å². The summed E-state index contributed by atoms with van der Waals surface area (Å²) in [6.07, 6.45) is 0. The number of anilines is 1.